The molecule has 1 aromatic carbocycles. The maximum atomic E-state index is 12.4. The van der Waals surface area contributed by atoms with Crippen molar-refractivity contribution in [2.45, 2.75) is 25.1 Å². The van der Waals surface area contributed by atoms with Crippen molar-refractivity contribution in [3.63, 3.8) is 0 Å². The van der Waals surface area contributed by atoms with E-state index < -0.39 is 0 Å². The van der Waals surface area contributed by atoms with Crippen LogP contribution < -0.4 is 10.1 Å². The first kappa shape index (κ1) is 21.8. The zero-order chi connectivity index (χ0) is 20.4. The van der Waals surface area contributed by atoms with Crippen molar-refractivity contribution < 1.29 is 14.3 Å². The minimum Gasteiger partial charge on any atom is -0.483 e. The summed E-state index contributed by atoms with van der Waals surface area (Å²) in [5, 5.41) is 3.07. The van der Waals surface area contributed by atoms with Gasteiger partial charge in [0.1, 0.15) is 5.75 Å². The molecule has 0 fully saturated rings. The summed E-state index contributed by atoms with van der Waals surface area (Å²) in [6, 6.07) is 11.2. The summed E-state index contributed by atoms with van der Waals surface area (Å²) in [6.45, 7) is 1.98. The lowest BCUT2D eigenvalue weighted by Gasteiger charge is -2.21. The second-order valence-electron chi connectivity index (χ2n) is 6.50. The molecule has 0 aliphatic heterocycles. The van der Waals surface area contributed by atoms with E-state index in [1.165, 1.54) is 4.90 Å². The Labute approximate surface area is 170 Å². The van der Waals surface area contributed by atoms with Crippen LogP contribution in [0.15, 0.2) is 48.8 Å². The quantitative estimate of drug-likeness (QED) is 0.663. The molecule has 1 unspecified atom stereocenters. The SMILES string of the molecule is CCC(NC(=O)CSCc1cccnc1)c1ccccc1OCC(=O)N(C)C. The molecular formula is C21H27N3O3S. The Morgan fingerprint density at radius 1 is 1.21 bits per heavy atom. The molecule has 0 radical (unpaired) electrons. The van der Waals surface area contributed by atoms with Crippen LogP contribution in [-0.4, -0.2) is 48.2 Å². The molecule has 7 heteroatoms. The highest BCUT2D eigenvalue weighted by Gasteiger charge is 2.17. The number of rotatable bonds is 10. The maximum Gasteiger partial charge on any atom is 0.259 e. The Morgan fingerprint density at radius 3 is 2.68 bits per heavy atom. The third kappa shape index (κ3) is 6.88. The second kappa shape index (κ2) is 11.3. The van der Waals surface area contributed by atoms with E-state index in [2.05, 4.69) is 10.3 Å². The van der Waals surface area contributed by atoms with E-state index in [0.717, 1.165) is 23.3 Å². The third-order valence-electron chi connectivity index (χ3n) is 4.11. The number of benzene rings is 1. The Morgan fingerprint density at radius 2 is 2.00 bits per heavy atom. The molecule has 0 saturated heterocycles. The molecule has 2 amide bonds. The van der Waals surface area contributed by atoms with Crippen LogP contribution in [0.5, 0.6) is 5.75 Å². The van der Waals surface area contributed by atoms with Gasteiger partial charge in [-0.05, 0) is 24.1 Å². The van der Waals surface area contributed by atoms with E-state index in [1.54, 1.807) is 32.1 Å². The van der Waals surface area contributed by atoms with Crippen LogP contribution >= 0.6 is 11.8 Å². The highest BCUT2D eigenvalue weighted by Crippen LogP contribution is 2.27. The lowest BCUT2D eigenvalue weighted by Crippen LogP contribution is -2.31. The average molecular weight is 402 g/mol. The normalized spacial score (nSPS) is 11.5. The molecule has 0 bridgehead atoms. The third-order valence-corrected chi connectivity index (χ3v) is 5.12. The van der Waals surface area contributed by atoms with Crippen LogP contribution in [0.1, 0.15) is 30.5 Å². The highest BCUT2D eigenvalue weighted by atomic mass is 32.2. The molecule has 1 aromatic heterocycles. The first-order chi connectivity index (χ1) is 13.5. The van der Waals surface area contributed by atoms with Gasteiger partial charge in [0.2, 0.25) is 5.91 Å². The van der Waals surface area contributed by atoms with E-state index in [0.29, 0.717) is 11.5 Å². The van der Waals surface area contributed by atoms with E-state index in [-0.39, 0.29) is 24.5 Å². The molecular weight excluding hydrogens is 374 g/mol. The van der Waals surface area contributed by atoms with E-state index in [9.17, 15) is 9.59 Å². The van der Waals surface area contributed by atoms with E-state index >= 15 is 0 Å². The van der Waals surface area contributed by atoms with Crippen molar-refractivity contribution in [2.75, 3.05) is 26.5 Å². The molecule has 0 aliphatic rings. The molecule has 2 aromatic rings. The minimum atomic E-state index is -0.169. The monoisotopic (exact) mass is 401 g/mol. The van der Waals surface area contributed by atoms with Crippen molar-refractivity contribution in [2.24, 2.45) is 0 Å². The van der Waals surface area contributed by atoms with Gasteiger partial charge in [-0.25, -0.2) is 0 Å². The zero-order valence-electron chi connectivity index (χ0n) is 16.6. The molecule has 1 heterocycles. The van der Waals surface area contributed by atoms with E-state index in [1.807, 2.05) is 49.5 Å². The number of aromatic nitrogens is 1. The molecule has 2 rings (SSSR count). The Balaban J connectivity index is 1.92. The standard InChI is InChI=1S/C21H27N3O3S/c1-4-18(23-20(25)15-28-14-16-8-7-11-22-12-16)17-9-5-6-10-19(17)27-13-21(26)24(2)3/h5-12,18H,4,13-15H2,1-3H3,(H,23,25). The number of hydrogen-bond acceptors (Lipinski definition) is 5. The second-order valence-corrected chi connectivity index (χ2v) is 7.48. The summed E-state index contributed by atoms with van der Waals surface area (Å²) >= 11 is 1.55. The number of nitrogens with one attached hydrogen (secondary N) is 1. The summed E-state index contributed by atoms with van der Waals surface area (Å²) < 4.78 is 5.71. The van der Waals surface area contributed by atoms with Crippen LogP contribution in [-0.2, 0) is 15.3 Å². The van der Waals surface area contributed by atoms with Gasteiger partial charge < -0.3 is 15.0 Å². The Bertz CT molecular complexity index is 769. The number of carbonyl (C=O) groups excluding carboxylic acids is 2. The van der Waals surface area contributed by atoms with Gasteiger partial charge in [0.15, 0.2) is 6.61 Å². The smallest absolute Gasteiger partial charge is 0.259 e. The van der Waals surface area contributed by atoms with Gasteiger partial charge in [0.25, 0.3) is 5.91 Å². The van der Waals surface area contributed by atoms with Crippen molar-refractivity contribution in [1.82, 2.24) is 15.2 Å². The average Bonchev–Trinajstić information content (AvgIpc) is 2.71. The van der Waals surface area contributed by atoms with Gasteiger partial charge in [0.05, 0.1) is 11.8 Å². The number of carbonyl (C=O) groups is 2. The minimum absolute atomic E-state index is 0.0279. The first-order valence-electron chi connectivity index (χ1n) is 9.19. The molecule has 6 nitrogen and oxygen atoms in total. The zero-order valence-corrected chi connectivity index (χ0v) is 17.4. The van der Waals surface area contributed by atoms with Crippen molar-refractivity contribution in [1.29, 1.82) is 0 Å². The summed E-state index contributed by atoms with van der Waals surface area (Å²) in [5.74, 6) is 1.59. The van der Waals surface area contributed by atoms with Gasteiger partial charge in [-0.15, -0.1) is 11.8 Å². The van der Waals surface area contributed by atoms with Crippen molar-refractivity contribution in [3.05, 3.63) is 59.9 Å². The summed E-state index contributed by atoms with van der Waals surface area (Å²) in [5.41, 5.74) is 1.97. The number of ether oxygens (including phenoxy) is 1. The molecule has 28 heavy (non-hydrogen) atoms. The maximum absolute atomic E-state index is 12.4. The predicted octanol–water partition coefficient (Wildman–Crippen LogP) is 3.05. The summed E-state index contributed by atoms with van der Waals surface area (Å²) in [7, 11) is 3.38. The lowest BCUT2D eigenvalue weighted by atomic mass is 10.0. The van der Waals surface area contributed by atoms with E-state index in [4.69, 9.17) is 4.74 Å². The fourth-order valence-electron chi connectivity index (χ4n) is 2.55. The molecule has 1 atom stereocenters. The lowest BCUT2D eigenvalue weighted by molar-refractivity contribution is -0.130. The number of pyridine rings is 1. The molecule has 0 spiro atoms. The Hall–Kier alpha value is -2.54. The number of amides is 2. The van der Waals surface area contributed by atoms with Gasteiger partial charge in [0, 0.05) is 37.8 Å². The number of para-hydroxylation sites is 1. The first-order valence-corrected chi connectivity index (χ1v) is 10.3. The molecule has 1 N–H and O–H groups in total. The van der Waals surface area contributed by atoms with Gasteiger partial charge in [-0.3, -0.25) is 14.6 Å². The van der Waals surface area contributed by atoms with Gasteiger partial charge in [-0.2, -0.15) is 0 Å². The van der Waals surface area contributed by atoms with Gasteiger partial charge >= 0.3 is 0 Å². The van der Waals surface area contributed by atoms with Crippen LogP contribution in [0.2, 0.25) is 0 Å². The number of hydrogen-bond donors (Lipinski definition) is 1. The Kier molecular flexibility index (Phi) is 8.81. The predicted molar refractivity (Wildman–Crippen MR) is 112 cm³/mol. The van der Waals surface area contributed by atoms with Gasteiger partial charge in [-0.1, -0.05) is 31.2 Å². The molecule has 0 saturated carbocycles. The van der Waals surface area contributed by atoms with Crippen LogP contribution in [0.25, 0.3) is 0 Å². The highest BCUT2D eigenvalue weighted by molar-refractivity contribution is 7.99. The fraction of sp³-hybridized carbons (Fsp3) is 0.381. The van der Waals surface area contributed by atoms with Crippen LogP contribution in [0.3, 0.4) is 0 Å². The number of nitrogens with zero attached hydrogens (tertiary/aromatic N) is 2. The van der Waals surface area contributed by atoms with Crippen LogP contribution in [0, 0.1) is 0 Å². The number of likely N-dealkylation sites (N-methyl/N-ethyl adjacent to an activating group) is 1. The summed E-state index contributed by atoms with van der Waals surface area (Å²) in [4.78, 5) is 29.8. The number of thioether (sulfide) groups is 1. The largest absolute Gasteiger partial charge is 0.483 e. The molecule has 150 valence electrons. The topological polar surface area (TPSA) is 71.5 Å². The van der Waals surface area contributed by atoms with Crippen molar-refractivity contribution in [3.8, 4) is 5.75 Å². The van der Waals surface area contributed by atoms with Crippen molar-refractivity contribution >= 4 is 23.6 Å². The summed E-state index contributed by atoms with van der Waals surface area (Å²) in [6.07, 6.45) is 4.27. The molecule has 0 aliphatic carbocycles. The van der Waals surface area contributed by atoms with Crippen LogP contribution in [0.4, 0.5) is 0 Å². The fourth-order valence-corrected chi connectivity index (χ4v) is 3.33.